The number of ether oxygens (including phenoxy) is 1. The Kier molecular flexibility index (Phi) is 6.25. The molecule has 8 nitrogen and oxygen atoms in total. The van der Waals surface area contributed by atoms with Crippen molar-refractivity contribution in [2.24, 2.45) is 5.10 Å². The molecule has 148 valence electrons. The van der Waals surface area contributed by atoms with Crippen LogP contribution in [0.15, 0.2) is 64.1 Å². The normalized spacial score (nSPS) is 10.8. The standard InChI is InChI=1S/C20H16ClN3O5/c1-13-10-15(24(26)27)4-8-18(13)19-9-7-17(29-19)11-22-23-20(25)12-28-16-5-2-14(21)3-6-16/h2-11H,12H2,1H3,(H,23,25)/b22-11-. The van der Waals surface area contributed by atoms with Crippen LogP contribution in [-0.2, 0) is 4.79 Å². The molecule has 29 heavy (non-hydrogen) atoms. The van der Waals surface area contributed by atoms with Crippen LogP contribution in [0, 0.1) is 17.0 Å². The van der Waals surface area contributed by atoms with Crippen molar-refractivity contribution in [3.63, 3.8) is 0 Å². The molecule has 2 aromatic carbocycles. The van der Waals surface area contributed by atoms with Crippen molar-refractivity contribution in [2.75, 3.05) is 6.61 Å². The lowest BCUT2D eigenvalue weighted by molar-refractivity contribution is -0.384. The number of aryl methyl sites for hydroxylation is 1. The predicted octanol–water partition coefficient (Wildman–Crippen LogP) is 4.35. The summed E-state index contributed by atoms with van der Waals surface area (Å²) in [5.41, 5.74) is 3.80. The molecule has 0 fully saturated rings. The van der Waals surface area contributed by atoms with E-state index < -0.39 is 10.8 Å². The minimum absolute atomic E-state index is 0.0168. The van der Waals surface area contributed by atoms with Gasteiger partial charge in [0.1, 0.15) is 17.3 Å². The smallest absolute Gasteiger partial charge is 0.277 e. The number of nitro benzene ring substituents is 1. The van der Waals surface area contributed by atoms with Crippen LogP contribution in [0.4, 0.5) is 5.69 Å². The highest BCUT2D eigenvalue weighted by atomic mass is 35.5. The fraction of sp³-hybridized carbons (Fsp3) is 0.100. The van der Waals surface area contributed by atoms with Crippen LogP contribution in [-0.4, -0.2) is 23.7 Å². The number of benzene rings is 2. The third-order valence-electron chi connectivity index (χ3n) is 3.88. The summed E-state index contributed by atoms with van der Waals surface area (Å²) < 4.78 is 11.0. The van der Waals surface area contributed by atoms with Crippen molar-refractivity contribution in [3.8, 4) is 17.1 Å². The molecule has 0 radical (unpaired) electrons. The summed E-state index contributed by atoms with van der Waals surface area (Å²) in [7, 11) is 0. The molecule has 1 amide bonds. The maximum absolute atomic E-state index is 11.8. The number of hydrogen-bond acceptors (Lipinski definition) is 6. The number of non-ortho nitro benzene ring substituents is 1. The second-order valence-corrected chi connectivity index (χ2v) is 6.43. The molecule has 0 aliphatic rings. The lowest BCUT2D eigenvalue weighted by Crippen LogP contribution is -2.24. The van der Waals surface area contributed by atoms with Gasteiger partial charge >= 0.3 is 0 Å². The van der Waals surface area contributed by atoms with Crippen LogP contribution >= 0.6 is 11.6 Å². The summed E-state index contributed by atoms with van der Waals surface area (Å²) in [6, 6.07) is 14.6. The van der Waals surface area contributed by atoms with E-state index in [9.17, 15) is 14.9 Å². The minimum atomic E-state index is -0.448. The number of carbonyl (C=O) groups is 1. The van der Waals surface area contributed by atoms with Gasteiger partial charge in [-0.1, -0.05) is 11.6 Å². The highest BCUT2D eigenvalue weighted by molar-refractivity contribution is 6.30. The lowest BCUT2D eigenvalue weighted by atomic mass is 10.1. The molecule has 3 aromatic rings. The van der Waals surface area contributed by atoms with E-state index in [1.165, 1.54) is 18.3 Å². The average Bonchev–Trinajstić information content (AvgIpc) is 3.16. The monoisotopic (exact) mass is 413 g/mol. The van der Waals surface area contributed by atoms with Crippen molar-refractivity contribution in [1.29, 1.82) is 0 Å². The molecule has 0 unspecified atom stereocenters. The van der Waals surface area contributed by atoms with E-state index in [2.05, 4.69) is 10.5 Å². The molecule has 0 bridgehead atoms. The van der Waals surface area contributed by atoms with Gasteiger partial charge in [-0.2, -0.15) is 5.10 Å². The number of hydrogen-bond donors (Lipinski definition) is 1. The third-order valence-corrected chi connectivity index (χ3v) is 4.13. The van der Waals surface area contributed by atoms with E-state index in [0.717, 1.165) is 5.56 Å². The first kappa shape index (κ1) is 20.1. The van der Waals surface area contributed by atoms with Gasteiger partial charge < -0.3 is 9.15 Å². The Labute approximate surface area is 170 Å². The Morgan fingerprint density at radius 1 is 1.24 bits per heavy atom. The van der Waals surface area contributed by atoms with Gasteiger partial charge in [0.15, 0.2) is 6.61 Å². The molecule has 0 aliphatic heterocycles. The molecule has 1 heterocycles. The average molecular weight is 414 g/mol. The van der Waals surface area contributed by atoms with Crippen LogP contribution in [0.1, 0.15) is 11.3 Å². The minimum Gasteiger partial charge on any atom is -0.484 e. The Morgan fingerprint density at radius 3 is 2.69 bits per heavy atom. The lowest BCUT2D eigenvalue weighted by Gasteiger charge is -2.04. The van der Waals surface area contributed by atoms with Gasteiger partial charge in [-0.05, 0) is 55.0 Å². The number of halogens is 1. The second kappa shape index (κ2) is 9.03. The SMILES string of the molecule is Cc1cc([N+](=O)[O-])ccc1-c1ccc(/C=N\NC(=O)COc2ccc(Cl)cc2)o1. The van der Waals surface area contributed by atoms with Crippen LogP contribution in [0.5, 0.6) is 5.75 Å². The Hall–Kier alpha value is -3.65. The van der Waals surface area contributed by atoms with Crippen molar-refractivity contribution in [2.45, 2.75) is 6.92 Å². The zero-order valence-electron chi connectivity index (χ0n) is 15.3. The van der Waals surface area contributed by atoms with Gasteiger partial charge in [-0.3, -0.25) is 14.9 Å². The predicted molar refractivity (Wildman–Crippen MR) is 108 cm³/mol. The summed E-state index contributed by atoms with van der Waals surface area (Å²) in [6.45, 7) is 1.56. The van der Waals surface area contributed by atoms with E-state index >= 15 is 0 Å². The quantitative estimate of drug-likeness (QED) is 0.352. The highest BCUT2D eigenvalue weighted by Crippen LogP contribution is 2.28. The fourth-order valence-electron chi connectivity index (χ4n) is 2.48. The van der Waals surface area contributed by atoms with Gasteiger partial charge in [0.05, 0.1) is 11.1 Å². The van der Waals surface area contributed by atoms with Crippen LogP contribution in [0.3, 0.4) is 0 Å². The summed E-state index contributed by atoms with van der Waals surface area (Å²) in [5.74, 6) is 1.03. The summed E-state index contributed by atoms with van der Waals surface area (Å²) in [4.78, 5) is 22.2. The van der Waals surface area contributed by atoms with Crippen LogP contribution in [0.25, 0.3) is 11.3 Å². The Bertz CT molecular complexity index is 1060. The zero-order chi connectivity index (χ0) is 20.8. The molecule has 3 rings (SSSR count). The van der Waals surface area contributed by atoms with Crippen molar-refractivity contribution >= 4 is 29.4 Å². The van der Waals surface area contributed by atoms with Crippen molar-refractivity contribution in [3.05, 3.63) is 81.1 Å². The van der Waals surface area contributed by atoms with Crippen molar-refractivity contribution < 1.29 is 18.9 Å². The molecular formula is C20H16ClN3O5. The number of nitrogens with zero attached hydrogens (tertiary/aromatic N) is 2. The Balaban J connectivity index is 1.55. The first-order chi connectivity index (χ1) is 13.9. The number of carbonyl (C=O) groups excluding carboxylic acids is 1. The summed E-state index contributed by atoms with van der Waals surface area (Å²) in [5, 5.41) is 15.2. The summed E-state index contributed by atoms with van der Waals surface area (Å²) >= 11 is 5.78. The van der Waals surface area contributed by atoms with E-state index in [0.29, 0.717) is 27.9 Å². The molecule has 1 aromatic heterocycles. The molecule has 0 saturated carbocycles. The van der Waals surface area contributed by atoms with E-state index in [4.69, 9.17) is 20.8 Å². The van der Waals surface area contributed by atoms with Gasteiger partial charge in [0.2, 0.25) is 0 Å². The molecule has 0 spiro atoms. The molecule has 1 N–H and O–H groups in total. The zero-order valence-corrected chi connectivity index (χ0v) is 16.1. The number of nitro groups is 1. The molecular weight excluding hydrogens is 398 g/mol. The molecule has 0 aliphatic carbocycles. The highest BCUT2D eigenvalue weighted by Gasteiger charge is 2.12. The first-order valence-corrected chi connectivity index (χ1v) is 8.85. The number of furan rings is 1. The first-order valence-electron chi connectivity index (χ1n) is 8.48. The van der Waals surface area contributed by atoms with E-state index in [-0.39, 0.29) is 12.3 Å². The van der Waals surface area contributed by atoms with Gasteiger partial charge in [-0.15, -0.1) is 0 Å². The second-order valence-electron chi connectivity index (χ2n) is 5.99. The maximum Gasteiger partial charge on any atom is 0.277 e. The van der Waals surface area contributed by atoms with Crippen LogP contribution < -0.4 is 10.2 Å². The summed E-state index contributed by atoms with van der Waals surface area (Å²) in [6.07, 6.45) is 1.35. The number of hydrazone groups is 1. The van der Waals surface area contributed by atoms with Crippen molar-refractivity contribution in [1.82, 2.24) is 5.43 Å². The van der Waals surface area contributed by atoms with Gasteiger partial charge in [-0.25, -0.2) is 5.43 Å². The number of nitrogens with one attached hydrogen (secondary N) is 1. The molecule has 0 atom stereocenters. The largest absolute Gasteiger partial charge is 0.484 e. The Morgan fingerprint density at radius 2 is 2.00 bits per heavy atom. The fourth-order valence-corrected chi connectivity index (χ4v) is 2.61. The van der Waals surface area contributed by atoms with Crippen LogP contribution in [0.2, 0.25) is 5.02 Å². The van der Waals surface area contributed by atoms with E-state index in [1.807, 2.05) is 0 Å². The molecule has 9 heteroatoms. The number of rotatable bonds is 7. The topological polar surface area (TPSA) is 107 Å². The van der Waals surface area contributed by atoms with Gasteiger partial charge in [0.25, 0.3) is 11.6 Å². The third kappa shape index (κ3) is 5.43. The molecule has 0 saturated heterocycles. The maximum atomic E-state index is 11.8. The van der Waals surface area contributed by atoms with Gasteiger partial charge in [0, 0.05) is 22.7 Å². The van der Waals surface area contributed by atoms with E-state index in [1.54, 1.807) is 49.4 Å². The number of amides is 1.